The molecule has 8 nitrogen and oxygen atoms in total. The van der Waals surface area contributed by atoms with Crippen molar-refractivity contribution >= 4 is 23.5 Å². The maximum absolute atomic E-state index is 12.7. The number of nitrogens with zero attached hydrogens (tertiary/aromatic N) is 4. The smallest absolute Gasteiger partial charge is 0.228 e. The van der Waals surface area contributed by atoms with Crippen LogP contribution in [0.25, 0.3) is 0 Å². The van der Waals surface area contributed by atoms with Crippen molar-refractivity contribution in [2.75, 3.05) is 43.0 Å². The molecule has 2 aromatic carbocycles. The minimum absolute atomic E-state index is 0.0896. The molecule has 2 amide bonds. The van der Waals surface area contributed by atoms with Crippen molar-refractivity contribution in [3.63, 3.8) is 0 Å². The number of carbonyl (C=O) groups excluding carboxylic acids is 2. The van der Waals surface area contributed by atoms with Crippen molar-refractivity contribution in [2.24, 2.45) is 0 Å². The summed E-state index contributed by atoms with van der Waals surface area (Å²) in [7, 11) is 0. The number of benzene rings is 2. The first-order valence-corrected chi connectivity index (χ1v) is 11.5. The Hall–Kier alpha value is -3.94. The van der Waals surface area contributed by atoms with Crippen LogP contribution in [0.4, 0.5) is 11.6 Å². The predicted octanol–water partition coefficient (Wildman–Crippen LogP) is 2.95. The Labute approximate surface area is 199 Å². The zero-order valence-electron chi connectivity index (χ0n) is 19.3. The van der Waals surface area contributed by atoms with Crippen molar-refractivity contribution < 1.29 is 14.3 Å². The molecule has 8 heteroatoms. The number of hydrogen-bond acceptors (Lipinski definition) is 6. The second-order valence-electron chi connectivity index (χ2n) is 8.09. The number of ether oxygens (including phenoxy) is 1. The van der Waals surface area contributed by atoms with E-state index in [1.165, 1.54) is 0 Å². The van der Waals surface area contributed by atoms with Crippen LogP contribution in [-0.2, 0) is 22.4 Å². The van der Waals surface area contributed by atoms with E-state index in [9.17, 15) is 9.59 Å². The van der Waals surface area contributed by atoms with Gasteiger partial charge in [-0.2, -0.15) is 0 Å². The Morgan fingerprint density at radius 3 is 2.15 bits per heavy atom. The third kappa shape index (κ3) is 6.31. The lowest BCUT2D eigenvalue weighted by molar-refractivity contribution is -0.130. The Morgan fingerprint density at radius 2 is 1.50 bits per heavy atom. The molecule has 0 spiro atoms. The molecule has 3 aromatic rings. The fourth-order valence-corrected chi connectivity index (χ4v) is 3.86. The molecule has 1 aromatic heterocycles. The maximum Gasteiger partial charge on any atom is 0.228 e. The van der Waals surface area contributed by atoms with E-state index in [0.29, 0.717) is 37.8 Å². The molecule has 0 aliphatic carbocycles. The van der Waals surface area contributed by atoms with E-state index in [-0.39, 0.29) is 18.2 Å². The van der Waals surface area contributed by atoms with Gasteiger partial charge in [0.2, 0.25) is 17.8 Å². The van der Waals surface area contributed by atoms with Crippen molar-refractivity contribution in [1.29, 1.82) is 0 Å². The SMILES string of the molecule is CCOc1ccc(CC(=O)Nc2ccc(CC(=O)N3CCN(c4ncccn4)CC3)cc2)cc1. The minimum atomic E-state index is -0.0896. The topological polar surface area (TPSA) is 87.7 Å². The molecule has 1 N–H and O–H groups in total. The minimum Gasteiger partial charge on any atom is -0.494 e. The first-order valence-electron chi connectivity index (χ1n) is 11.5. The summed E-state index contributed by atoms with van der Waals surface area (Å²) in [6, 6.07) is 16.8. The number of rotatable bonds is 8. The van der Waals surface area contributed by atoms with Gasteiger partial charge in [-0.1, -0.05) is 24.3 Å². The number of anilines is 2. The van der Waals surface area contributed by atoms with Gasteiger partial charge in [0.25, 0.3) is 0 Å². The zero-order chi connectivity index (χ0) is 23.8. The molecule has 4 rings (SSSR count). The summed E-state index contributed by atoms with van der Waals surface area (Å²) in [6.07, 6.45) is 4.08. The summed E-state index contributed by atoms with van der Waals surface area (Å²) >= 11 is 0. The molecule has 2 heterocycles. The van der Waals surface area contributed by atoms with E-state index >= 15 is 0 Å². The van der Waals surface area contributed by atoms with Crippen LogP contribution in [0, 0.1) is 0 Å². The average molecular weight is 460 g/mol. The van der Waals surface area contributed by atoms with Crippen LogP contribution in [0.1, 0.15) is 18.1 Å². The Bertz CT molecular complexity index is 1080. The number of aromatic nitrogens is 2. The summed E-state index contributed by atoms with van der Waals surface area (Å²) < 4.78 is 5.43. The second kappa shape index (κ2) is 11.3. The molecule has 0 bridgehead atoms. The van der Waals surface area contributed by atoms with Crippen LogP contribution in [0.5, 0.6) is 5.75 Å². The number of nitrogens with one attached hydrogen (secondary N) is 1. The van der Waals surface area contributed by atoms with Gasteiger partial charge in [-0.25, -0.2) is 9.97 Å². The standard InChI is InChI=1S/C26H29N5O3/c1-2-34-23-10-6-20(7-11-23)18-24(32)29-22-8-4-21(5-9-22)19-25(33)30-14-16-31(17-15-30)26-27-12-3-13-28-26/h3-13H,2,14-19H2,1H3,(H,29,32). The van der Waals surface area contributed by atoms with Gasteiger partial charge in [0.05, 0.1) is 19.4 Å². The van der Waals surface area contributed by atoms with Gasteiger partial charge >= 0.3 is 0 Å². The number of carbonyl (C=O) groups is 2. The molecule has 1 saturated heterocycles. The fourth-order valence-electron chi connectivity index (χ4n) is 3.86. The normalized spacial score (nSPS) is 13.4. The van der Waals surface area contributed by atoms with E-state index in [1.54, 1.807) is 18.5 Å². The molecule has 1 aliphatic rings. The lowest BCUT2D eigenvalue weighted by Crippen LogP contribution is -2.49. The lowest BCUT2D eigenvalue weighted by atomic mass is 10.1. The van der Waals surface area contributed by atoms with Crippen LogP contribution in [-0.4, -0.2) is 59.5 Å². The van der Waals surface area contributed by atoms with Gasteiger partial charge in [-0.05, 0) is 48.4 Å². The molecule has 0 unspecified atom stereocenters. The van der Waals surface area contributed by atoms with E-state index in [0.717, 1.165) is 30.0 Å². The zero-order valence-corrected chi connectivity index (χ0v) is 19.3. The highest BCUT2D eigenvalue weighted by atomic mass is 16.5. The number of amides is 2. The Morgan fingerprint density at radius 1 is 0.882 bits per heavy atom. The fraction of sp³-hybridized carbons (Fsp3) is 0.308. The van der Waals surface area contributed by atoms with Gasteiger partial charge in [-0.15, -0.1) is 0 Å². The molecule has 0 radical (unpaired) electrons. The molecular weight excluding hydrogens is 430 g/mol. The molecular formula is C26H29N5O3. The van der Waals surface area contributed by atoms with Gasteiger partial charge in [0.1, 0.15) is 5.75 Å². The van der Waals surface area contributed by atoms with Crippen LogP contribution in [0.3, 0.4) is 0 Å². The van der Waals surface area contributed by atoms with Gasteiger partial charge < -0.3 is 19.9 Å². The highest BCUT2D eigenvalue weighted by Gasteiger charge is 2.22. The first kappa shape index (κ1) is 23.2. The van der Waals surface area contributed by atoms with Gasteiger partial charge in [-0.3, -0.25) is 9.59 Å². The van der Waals surface area contributed by atoms with Crippen LogP contribution in [0.2, 0.25) is 0 Å². The van der Waals surface area contributed by atoms with Gasteiger partial charge in [0, 0.05) is 44.3 Å². The van der Waals surface area contributed by atoms with Crippen LogP contribution >= 0.6 is 0 Å². The number of piperazine rings is 1. The summed E-state index contributed by atoms with van der Waals surface area (Å²) in [5.41, 5.74) is 2.55. The van der Waals surface area contributed by atoms with E-state index < -0.39 is 0 Å². The van der Waals surface area contributed by atoms with Gasteiger partial charge in [0.15, 0.2) is 0 Å². The maximum atomic E-state index is 12.7. The second-order valence-corrected chi connectivity index (χ2v) is 8.09. The first-order chi connectivity index (χ1) is 16.6. The van der Waals surface area contributed by atoms with E-state index in [2.05, 4.69) is 20.2 Å². The molecule has 1 aliphatic heterocycles. The van der Waals surface area contributed by atoms with Crippen molar-refractivity contribution in [1.82, 2.24) is 14.9 Å². The summed E-state index contributed by atoms with van der Waals surface area (Å²) in [4.78, 5) is 37.6. The third-order valence-electron chi connectivity index (χ3n) is 5.66. The highest BCUT2D eigenvalue weighted by molar-refractivity contribution is 5.92. The Kier molecular flexibility index (Phi) is 7.70. The quantitative estimate of drug-likeness (QED) is 0.557. The molecule has 34 heavy (non-hydrogen) atoms. The highest BCUT2D eigenvalue weighted by Crippen LogP contribution is 2.16. The molecule has 176 valence electrons. The number of hydrogen-bond donors (Lipinski definition) is 1. The van der Waals surface area contributed by atoms with Crippen molar-refractivity contribution in [3.05, 3.63) is 78.1 Å². The molecule has 0 atom stereocenters. The third-order valence-corrected chi connectivity index (χ3v) is 5.66. The summed E-state index contributed by atoms with van der Waals surface area (Å²) in [5, 5.41) is 2.91. The molecule has 0 saturated carbocycles. The molecule has 1 fully saturated rings. The summed E-state index contributed by atoms with van der Waals surface area (Å²) in [6.45, 7) is 5.28. The van der Waals surface area contributed by atoms with Crippen LogP contribution < -0.4 is 15.0 Å². The monoisotopic (exact) mass is 459 g/mol. The van der Waals surface area contributed by atoms with Crippen molar-refractivity contribution in [3.8, 4) is 5.75 Å². The lowest BCUT2D eigenvalue weighted by Gasteiger charge is -2.34. The van der Waals surface area contributed by atoms with Crippen LogP contribution in [0.15, 0.2) is 67.0 Å². The Balaban J connectivity index is 1.23. The largest absolute Gasteiger partial charge is 0.494 e. The van der Waals surface area contributed by atoms with E-state index in [4.69, 9.17) is 4.74 Å². The predicted molar refractivity (Wildman–Crippen MR) is 131 cm³/mol. The van der Waals surface area contributed by atoms with Crippen molar-refractivity contribution in [2.45, 2.75) is 19.8 Å². The van der Waals surface area contributed by atoms with E-state index in [1.807, 2.05) is 60.4 Å². The average Bonchev–Trinajstić information content (AvgIpc) is 2.87. The summed E-state index contributed by atoms with van der Waals surface area (Å²) in [5.74, 6) is 1.51.